The number of carbonyl (C=O) groups is 1. The van der Waals surface area contributed by atoms with E-state index in [9.17, 15) is 9.90 Å². The van der Waals surface area contributed by atoms with E-state index in [-0.39, 0.29) is 5.56 Å². The van der Waals surface area contributed by atoms with Crippen LogP contribution in [0.4, 0.5) is 5.82 Å². The predicted octanol–water partition coefficient (Wildman–Crippen LogP) is 6.69. The van der Waals surface area contributed by atoms with Crippen LogP contribution in [0.15, 0.2) is 109 Å². The molecule has 0 saturated heterocycles. The molecule has 0 bridgehead atoms. The summed E-state index contributed by atoms with van der Waals surface area (Å²) in [5.41, 5.74) is 3.17. The van der Waals surface area contributed by atoms with E-state index in [4.69, 9.17) is 9.72 Å². The lowest BCUT2D eigenvalue weighted by molar-refractivity contribution is 0.0696. The molecule has 0 saturated carbocycles. The van der Waals surface area contributed by atoms with Crippen LogP contribution in [0.5, 0.6) is 5.75 Å². The van der Waals surface area contributed by atoms with Crippen molar-refractivity contribution in [3.63, 3.8) is 0 Å². The van der Waals surface area contributed by atoms with Crippen molar-refractivity contribution in [1.29, 1.82) is 0 Å². The summed E-state index contributed by atoms with van der Waals surface area (Å²) in [6.07, 6.45) is 1.76. The van der Waals surface area contributed by atoms with E-state index in [0.29, 0.717) is 25.5 Å². The van der Waals surface area contributed by atoms with Gasteiger partial charge in [0, 0.05) is 23.2 Å². The second-order valence-electron chi connectivity index (χ2n) is 8.48. The molecule has 184 valence electrons. The van der Waals surface area contributed by atoms with Crippen molar-refractivity contribution in [2.75, 3.05) is 4.90 Å². The van der Waals surface area contributed by atoms with Crippen molar-refractivity contribution in [1.82, 2.24) is 9.97 Å². The third-order valence-corrected chi connectivity index (χ3v) is 6.66. The number of ether oxygens (including phenoxy) is 1. The summed E-state index contributed by atoms with van der Waals surface area (Å²) in [6.45, 7) is 1.67. The van der Waals surface area contributed by atoms with Crippen molar-refractivity contribution in [3.8, 4) is 17.1 Å². The summed E-state index contributed by atoms with van der Waals surface area (Å²) in [6, 6.07) is 30.8. The van der Waals surface area contributed by atoms with E-state index >= 15 is 0 Å². The van der Waals surface area contributed by atoms with Gasteiger partial charge in [-0.3, -0.25) is 0 Å². The molecule has 0 atom stereocenters. The van der Waals surface area contributed by atoms with E-state index < -0.39 is 5.97 Å². The average molecular weight is 508 g/mol. The third kappa shape index (κ3) is 6.39. The van der Waals surface area contributed by atoms with E-state index in [2.05, 4.69) is 16.0 Å². The van der Waals surface area contributed by atoms with Crippen LogP contribution in [0, 0.1) is 0 Å². The molecule has 2 aromatic heterocycles. The highest BCUT2D eigenvalue weighted by atomic mass is 32.1. The zero-order valence-corrected chi connectivity index (χ0v) is 20.8. The standard InChI is InChI=1S/C30H25N3O3S/c34-30(35)25-9-4-8-23(18-25)19-33(20-27-10-5-17-37-27)28-15-16-31-29(32-28)24-11-13-26(14-12-24)36-21-22-6-2-1-3-7-22/h1-18H,19-21H2,(H,34,35). The van der Waals surface area contributed by atoms with E-state index in [1.165, 1.54) is 4.88 Å². The molecule has 37 heavy (non-hydrogen) atoms. The van der Waals surface area contributed by atoms with Crippen molar-refractivity contribution in [2.45, 2.75) is 19.7 Å². The number of aromatic carboxylic acids is 1. The molecule has 3 aromatic carbocycles. The van der Waals surface area contributed by atoms with Gasteiger partial charge in [0.1, 0.15) is 18.2 Å². The Hall–Kier alpha value is -4.49. The summed E-state index contributed by atoms with van der Waals surface area (Å²) < 4.78 is 5.91. The van der Waals surface area contributed by atoms with Crippen molar-refractivity contribution in [2.24, 2.45) is 0 Å². The molecule has 2 heterocycles. The number of rotatable bonds is 10. The zero-order chi connectivity index (χ0) is 25.5. The number of aromatic nitrogens is 2. The van der Waals surface area contributed by atoms with Gasteiger partial charge in [-0.25, -0.2) is 14.8 Å². The Morgan fingerprint density at radius 3 is 2.43 bits per heavy atom. The fourth-order valence-corrected chi connectivity index (χ4v) is 4.66. The lowest BCUT2D eigenvalue weighted by Gasteiger charge is -2.24. The van der Waals surface area contributed by atoms with E-state index in [0.717, 1.165) is 28.3 Å². The van der Waals surface area contributed by atoms with Gasteiger partial charge in [0.25, 0.3) is 0 Å². The summed E-state index contributed by atoms with van der Waals surface area (Å²) in [5.74, 6) is 1.22. The second kappa shape index (κ2) is 11.5. The topological polar surface area (TPSA) is 75.5 Å². The first-order valence-corrected chi connectivity index (χ1v) is 12.7. The number of benzene rings is 3. The molecule has 5 aromatic rings. The molecule has 0 fully saturated rings. The van der Waals surface area contributed by atoms with Crippen LogP contribution in [0.25, 0.3) is 11.4 Å². The summed E-state index contributed by atoms with van der Waals surface area (Å²) in [5, 5.41) is 11.4. The normalized spacial score (nSPS) is 10.7. The van der Waals surface area contributed by atoms with Gasteiger partial charge >= 0.3 is 5.97 Å². The fourth-order valence-electron chi connectivity index (χ4n) is 3.94. The van der Waals surface area contributed by atoms with Gasteiger partial charge in [0.2, 0.25) is 0 Å². The number of thiophene rings is 1. The van der Waals surface area contributed by atoms with E-state index in [1.54, 1.807) is 35.7 Å². The smallest absolute Gasteiger partial charge is 0.335 e. The lowest BCUT2D eigenvalue weighted by atomic mass is 10.1. The monoisotopic (exact) mass is 507 g/mol. The van der Waals surface area contributed by atoms with Crippen LogP contribution in [-0.4, -0.2) is 21.0 Å². The molecule has 0 aliphatic rings. The molecule has 0 amide bonds. The van der Waals surface area contributed by atoms with Gasteiger partial charge in [-0.1, -0.05) is 48.5 Å². The third-order valence-electron chi connectivity index (χ3n) is 5.80. The van der Waals surface area contributed by atoms with E-state index in [1.807, 2.05) is 78.2 Å². The highest BCUT2D eigenvalue weighted by Crippen LogP contribution is 2.25. The average Bonchev–Trinajstić information content (AvgIpc) is 3.46. The molecular formula is C30H25N3O3S. The Bertz CT molecular complexity index is 1460. The molecule has 7 heteroatoms. The largest absolute Gasteiger partial charge is 0.489 e. The Kier molecular flexibility index (Phi) is 7.52. The summed E-state index contributed by atoms with van der Waals surface area (Å²) in [7, 11) is 0. The Labute approximate surface area is 219 Å². The quantitative estimate of drug-likeness (QED) is 0.227. The number of hydrogen-bond donors (Lipinski definition) is 1. The highest BCUT2D eigenvalue weighted by Gasteiger charge is 2.14. The molecule has 0 aliphatic carbocycles. The zero-order valence-electron chi connectivity index (χ0n) is 20.0. The van der Waals surface area contributed by atoms with Gasteiger partial charge in [-0.2, -0.15) is 0 Å². The Morgan fingerprint density at radius 1 is 0.865 bits per heavy atom. The first kappa shape index (κ1) is 24.2. The SMILES string of the molecule is O=C(O)c1cccc(CN(Cc2cccs2)c2ccnc(-c3ccc(OCc4ccccc4)cc3)n2)c1. The lowest BCUT2D eigenvalue weighted by Crippen LogP contribution is -2.23. The predicted molar refractivity (Wildman–Crippen MR) is 146 cm³/mol. The minimum atomic E-state index is -0.938. The molecule has 0 spiro atoms. The molecule has 0 radical (unpaired) electrons. The number of nitrogens with zero attached hydrogens (tertiary/aromatic N) is 3. The van der Waals surface area contributed by atoms with Crippen molar-refractivity contribution < 1.29 is 14.6 Å². The Morgan fingerprint density at radius 2 is 1.68 bits per heavy atom. The maximum Gasteiger partial charge on any atom is 0.335 e. The highest BCUT2D eigenvalue weighted by molar-refractivity contribution is 7.09. The van der Waals surface area contributed by atoms with Crippen molar-refractivity contribution in [3.05, 3.63) is 130 Å². The minimum absolute atomic E-state index is 0.270. The molecule has 0 aliphatic heterocycles. The van der Waals surface area contributed by atoms with Crippen LogP contribution in [-0.2, 0) is 19.7 Å². The van der Waals surface area contributed by atoms with Gasteiger partial charge in [-0.15, -0.1) is 11.3 Å². The number of hydrogen-bond acceptors (Lipinski definition) is 6. The number of carboxylic acids is 1. The Balaban J connectivity index is 1.36. The molecule has 0 unspecified atom stereocenters. The van der Waals surface area contributed by atoms with Gasteiger partial charge < -0.3 is 14.7 Å². The van der Waals surface area contributed by atoms with Crippen LogP contribution in [0.3, 0.4) is 0 Å². The summed E-state index contributed by atoms with van der Waals surface area (Å²) in [4.78, 5) is 24.2. The fraction of sp³-hybridized carbons (Fsp3) is 0.100. The summed E-state index contributed by atoms with van der Waals surface area (Å²) >= 11 is 1.68. The van der Waals surface area contributed by atoms with Crippen LogP contribution in [0.2, 0.25) is 0 Å². The van der Waals surface area contributed by atoms with Gasteiger partial charge in [0.15, 0.2) is 5.82 Å². The maximum atomic E-state index is 11.5. The number of anilines is 1. The number of carboxylic acid groups (broad SMARTS) is 1. The molecule has 1 N–H and O–H groups in total. The van der Waals surface area contributed by atoms with Crippen LogP contribution < -0.4 is 9.64 Å². The van der Waals surface area contributed by atoms with Gasteiger partial charge in [-0.05, 0) is 65.0 Å². The van der Waals surface area contributed by atoms with Gasteiger partial charge in [0.05, 0.1) is 12.1 Å². The minimum Gasteiger partial charge on any atom is -0.489 e. The molecule has 6 nitrogen and oxygen atoms in total. The molecule has 5 rings (SSSR count). The second-order valence-corrected chi connectivity index (χ2v) is 9.51. The first-order chi connectivity index (χ1) is 18.1. The first-order valence-electron chi connectivity index (χ1n) is 11.8. The van der Waals surface area contributed by atoms with Crippen LogP contribution >= 0.6 is 11.3 Å². The maximum absolute atomic E-state index is 11.5. The van der Waals surface area contributed by atoms with Crippen molar-refractivity contribution >= 4 is 23.1 Å². The van der Waals surface area contributed by atoms with Crippen LogP contribution in [0.1, 0.15) is 26.4 Å². The molecular weight excluding hydrogens is 482 g/mol.